The number of nitrogens with one attached hydrogen (secondary N) is 2. The SMILES string of the molecule is CC(Cc1ccc(Cl)cc1)NC(=O)Cn1c(O)c[nH]c1=O. The highest BCUT2D eigenvalue weighted by atomic mass is 35.5. The van der Waals surface area contributed by atoms with Gasteiger partial charge in [0.2, 0.25) is 11.8 Å². The van der Waals surface area contributed by atoms with Gasteiger partial charge in [-0.05, 0) is 31.0 Å². The smallest absolute Gasteiger partial charge is 0.328 e. The highest BCUT2D eigenvalue weighted by Gasteiger charge is 2.12. The molecule has 21 heavy (non-hydrogen) atoms. The van der Waals surface area contributed by atoms with Crippen LogP contribution in [0.4, 0.5) is 0 Å². The minimum absolute atomic E-state index is 0.101. The van der Waals surface area contributed by atoms with Crippen molar-refractivity contribution in [2.75, 3.05) is 0 Å². The molecule has 0 aliphatic carbocycles. The second-order valence-corrected chi connectivity index (χ2v) is 5.27. The van der Waals surface area contributed by atoms with Crippen molar-refractivity contribution in [3.8, 4) is 5.88 Å². The highest BCUT2D eigenvalue weighted by Crippen LogP contribution is 2.11. The van der Waals surface area contributed by atoms with Crippen LogP contribution in [0.2, 0.25) is 5.02 Å². The first-order valence-corrected chi connectivity index (χ1v) is 6.84. The zero-order chi connectivity index (χ0) is 15.4. The lowest BCUT2D eigenvalue weighted by atomic mass is 10.1. The van der Waals surface area contributed by atoms with E-state index in [1.807, 2.05) is 19.1 Å². The van der Waals surface area contributed by atoms with Crippen LogP contribution < -0.4 is 11.0 Å². The fourth-order valence-corrected chi connectivity index (χ4v) is 2.15. The molecule has 0 fully saturated rings. The molecule has 1 atom stereocenters. The van der Waals surface area contributed by atoms with Crippen LogP contribution in [-0.4, -0.2) is 26.6 Å². The molecule has 1 amide bonds. The summed E-state index contributed by atoms with van der Waals surface area (Å²) in [5.41, 5.74) is 0.530. The number of rotatable bonds is 5. The molecule has 0 bridgehead atoms. The first-order chi connectivity index (χ1) is 9.95. The van der Waals surface area contributed by atoms with Crippen molar-refractivity contribution in [3.63, 3.8) is 0 Å². The molecule has 3 N–H and O–H groups in total. The first-order valence-electron chi connectivity index (χ1n) is 6.46. The number of nitrogens with zero attached hydrogens (tertiary/aromatic N) is 1. The van der Waals surface area contributed by atoms with Crippen molar-refractivity contribution in [1.29, 1.82) is 0 Å². The lowest BCUT2D eigenvalue weighted by molar-refractivity contribution is -0.122. The molecule has 1 aromatic carbocycles. The van der Waals surface area contributed by atoms with Gasteiger partial charge in [0.05, 0.1) is 6.20 Å². The molecule has 0 aliphatic rings. The summed E-state index contributed by atoms with van der Waals surface area (Å²) in [6, 6.07) is 7.28. The maximum absolute atomic E-state index is 11.9. The molecule has 0 saturated carbocycles. The van der Waals surface area contributed by atoms with Gasteiger partial charge in [-0.2, -0.15) is 0 Å². The number of hydrogen-bond donors (Lipinski definition) is 3. The van der Waals surface area contributed by atoms with Gasteiger partial charge in [-0.15, -0.1) is 0 Å². The van der Waals surface area contributed by atoms with E-state index in [9.17, 15) is 14.7 Å². The summed E-state index contributed by atoms with van der Waals surface area (Å²) in [6.45, 7) is 1.64. The van der Waals surface area contributed by atoms with Crippen LogP contribution in [-0.2, 0) is 17.8 Å². The zero-order valence-electron chi connectivity index (χ0n) is 11.5. The Morgan fingerprint density at radius 2 is 2.10 bits per heavy atom. The van der Waals surface area contributed by atoms with Crippen LogP contribution in [0.5, 0.6) is 5.88 Å². The van der Waals surface area contributed by atoms with E-state index in [4.69, 9.17) is 11.6 Å². The van der Waals surface area contributed by atoms with Gasteiger partial charge < -0.3 is 15.4 Å². The van der Waals surface area contributed by atoms with Gasteiger partial charge in [0.15, 0.2) is 0 Å². The van der Waals surface area contributed by atoms with Crippen LogP contribution >= 0.6 is 11.6 Å². The third-order valence-corrected chi connectivity index (χ3v) is 3.26. The number of halogens is 1. The fourth-order valence-electron chi connectivity index (χ4n) is 2.03. The quantitative estimate of drug-likeness (QED) is 0.777. The third-order valence-electron chi connectivity index (χ3n) is 3.01. The van der Waals surface area contributed by atoms with E-state index in [0.717, 1.165) is 16.3 Å². The van der Waals surface area contributed by atoms with E-state index in [1.165, 1.54) is 0 Å². The van der Waals surface area contributed by atoms with E-state index in [0.29, 0.717) is 11.4 Å². The molecule has 112 valence electrons. The summed E-state index contributed by atoms with van der Waals surface area (Å²) in [7, 11) is 0. The van der Waals surface area contributed by atoms with Crippen molar-refractivity contribution in [3.05, 3.63) is 51.5 Å². The van der Waals surface area contributed by atoms with Crippen molar-refractivity contribution in [2.24, 2.45) is 0 Å². The van der Waals surface area contributed by atoms with Gasteiger partial charge in [-0.3, -0.25) is 9.36 Å². The van der Waals surface area contributed by atoms with Gasteiger partial charge in [-0.25, -0.2) is 4.79 Å². The number of benzene rings is 1. The largest absolute Gasteiger partial charge is 0.493 e. The number of aromatic nitrogens is 2. The Balaban J connectivity index is 1.90. The van der Waals surface area contributed by atoms with Crippen molar-refractivity contribution < 1.29 is 9.90 Å². The lowest BCUT2D eigenvalue weighted by Crippen LogP contribution is -2.38. The van der Waals surface area contributed by atoms with Crippen molar-refractivity contribution in [1.82, 2.24) is 14.9 Å². The van der Waals surface area contributed by atoms with E-state index >= 15 is 0 Å². The molecule has 1 aromatic heterocycles. The van der Waals surface area contributed by atoms with E-state index in [1.54, 1.807) is 12.1 Å². The molecule has 0 saturated heterocycles. The molecule has 1 unspecified atom stereocenters. The zero-order valence-corrected chi connectivity index (χ0v) is 12.2. The molecule has 0 spiro atoms. The number of amides is 1. The Labute approximate surface area is 126 Å². The second-order valence-electron chi connectivity index (χ2n) is 4.84. The number of H-pyrrole nitrogens is 1. The summed E-state index contributed by atoms with van der Waals surface area (Å²) in [6.07, 6.45) is 1.80. The molecule has 2 aromatic rings. The minimum Gasteiger partial charge on any atom is -0.493 e. The van der Waals surface area contributed by atoms with Crippen LogP contribution in [0.1, 0.15) is 12.5 Å². The van der Waals surface area contributed by atoms with E-state index < -0.39 is 5.69 Å². The van der Waals surface area contributed by atoms with Gasteiger partial charge in [0.25, 0.3) is 0 Å². The van der Waals surface area contributed by atoms with Gasteiger partial charge in [0.1, 0.15) is 6.54 Å². The van der Waals surface area contributed by atoms with Crippen LogP contribution in [0.25, 0.3) is 0 Å². The number of hydrogen-bond acceptors (Lipinski definition) is 3. The number of carbonyl (C=O) groups is 1. The van der Waals surface area contributed by atoms with Crippen LogP contribution in [0.15, 0.2) is 35.3 Å². The lowest BCUT2D eigenvalue weighted by Gasteiger charge is -2.14. The monoisotopic (exact) mass is 309 g/mol. The fraction of sp³-hybridized carbons (Fsp3) is 0.286. The summed E-state index contributed by atoms with van der Waals surface area (Å²) in [5.74, 6) is -0.603. The van der Waals surface area contributed by atoms with Gasteiger partial charge in [0, 0.05) is 11.1 Å². The molecule has 2 rings (SSSR count). The standard InChI is InChI=1S/C14H16ClN3O3/c1-9(6-10-2-4-11(15)5-3-10)17-12(19)8-18-13(20)7-16-14(18)21/h2-5,7,9,20H,6,8H2,1H3,(H,16,21)(H,17,19). The number of aromatic hydroxyl groups is 1. The second kappa shape index (κ2) is 6.49. The molecule has 1 heterocycles. The number of imidazole rings is 1. The average Bonchev–Trinajstić information content (AvgIpc) is 2.73. The minimum atomic E-state index is -0.520. The van der Waals surface area contributed by atoms with Gasteiger partial charge >= 0.3 is 5.69 Å². The molecule has 7 heteroatoms. The van der Waals surface area contributed by atoms with Crippen LogP contribution in [0, 0.1) is 0 Å². The van der Waals surface area contributed by atoms with Crippen LogP contribution in [0.3, 0.4) is 0 Å². The molecule has 6 nitrogen and oxygen atoms in total. The Morgan fingerprint density at radius 1 is 1.43 bits per heavy atom. The summed E-state index contributed by atoms with van der Waals surface area (Å²) in [5, 5.41) is 12.9. The normalized spacial score (nSPS) is 12.1. The number of carbonyl (C=O) groups excluding carboxylic acids is 1. The third kappa shape index (κ3) is 4.13. The Morgan fingerprint density at radius 3 is 2.67 bits per heavy atom. The topological polar surface area (TPSA) is 87.1 Å². The number of aromatic amines is 1. The predicted molar refractivity (Wildman–Crippen MR) is 79.5 cm³/mol. The summed E-state index contributed by atoms with van der Waals surface area (Å²) in [4.78, 5) is 25.5. The summed E-state index contributed by atoms with van der Waals surface area (Å²) >= 11 is 5.81. The maximum atomic E-state index is 11.9. The molecule has 0 aliphatic heterocycles. The predicted octanol–water partition coefficient (Wildman–Crippen LogP) is 1.28. The Hall–Kier alpha value is -2.21. The van der Waals surface area contributed by atoms with Crippen molar-refractivity contribution >= 4 is 17.5 Å². The van der Waals surface area contributed by atoms with Gasteiger partial charge in [-0.1, -0.05) is 23.7 Å². The highest BCUT2D eigenvalue weighted by molar-refractivity contribution is 6.30. The van der Waals surface area contributed by atoms with Crippen molar-refractivity contribution in [2.45, 2.75) is 25.9 Å². The average molecular weight is 310 g/mol. The molecule has 0 radical (unpaired) electrons. The first kappa shape index (κ1) is 15.2. The molecular weight excluding hydrogens is 294 g/mol. The van der Waals surface area contributed by atoms with E-state index in [-0.39, 0.29) is 24.4 Å². The Bertz CT molecular complexity index is 676. The maximum Gasteiger partial charge on any atom is 0.328 e. The van der Waals surface area contributed by atoms with E-state index in [2.05, 4.69) is 10.3 Å². The Kier molecular flexibility index (Phi) is 4.70. The summed E-state index contributed by atoms with van der Waals surface area (Å²) < 4.78 is 0.963. The molecular formula is C14H16ClN3O3.